The summed E-state index contributed by atoms with van der Waals surface area (Å²) in [5.74, 6) is 0.206. The van der Waals surface area contributed by atoms with Crippen molar-refractivity contribution < 1.29 is 19.1 Å². The summed E-state index contributed by atoms with van der Waals surface area (Å²) >= 11 is 0. The Morgan fingerprint density at radius 3 is 2.47 bits per heavy atom. The van der Waals surface area contributed by atoms with Crippen molar-refractivity contribution in [1.29, 1.82) is 0 Å². The van der Waals surface area contributed by atoms with Gasteiger partial charge in [-0.1, -0.05) is 25.1 Å². The highest BCUT2D eigenvalue weighted by molar-refractivity contribution is 6.06. The van der Waals surface area contributed by atoms with Crippen LogP contribution in [0, 0.1) is 0 Å². The van der Waals surface area contributed by atoms with Crippen LogP contribution in [-0.4, -0.2) is 37.1 Å². The number of aromatic nitrogens is 1. The monoisotopic (exact) mass is 435 g/mol. The maximum Gasteiger partial charge on any atom is 0.267 e. The fourth-order valence-corrected chi connectivity index (χ4v) is 3.47. The number of carbonyl (C=O) groups excluding carboxylic acids is 2. The van der Waals surface area contributed by atoms with Gasteiger partial charge in [-0.15, -0.1) is 0 Å². The van der Waals surface area contributed by atoms with Gasteiger partial charge in [-0.3, -0.25) is 9.59 Å². The van der Waals surface area contributed by atoms with Crippen LogP contribution in [0.4, 0.5) is 0 Å². The highest BCUT2D eigenvalue weighted by atomic mass is 16.5. The van der Waals surface area contributed by atoms with Gasteiger partial charge in [0.05, 0.1) is 14.2 Å². The Balaban J connectivity index is 1.99. The molecule has 2 amide bonds. The van der Waals surface area contributed by atoms with E-state index in [-0.39, 0.29) is 11.6 Å². The third-order valence-electron chi connectivity index (χ3n) is 5.13. The summed E-state index contributed by atoms with van der Waals surface area (Å²) < 4.78 is 12.6. The summed E-state index contributed by atoms with van der Waals surface area (Å²) in [4.78, 5) is 25.8. The van der Waals surface area contributed by atoms with Crippen LogP contribution < -0.4 is 20.1 Å². The van der Waals surface area contributed by atoms with Crippen molar-refractivity contribution in [3.63, 3.8) is 0 Å². The van der Waals surface area contributed by atoms with E-state index in [1.165, 1.54) is 14.2 Å². The van der Waals surface area contributed by atoms with E-state index in [2.05, 4.69) is 22.1 Å². The van der Waals surface area contributed by atoms with Crippen molar-refractivity contribution in [2.75, 3.05) is 20.8 Å². The predicted octanol–water partition coefficient (Wildman–Crippen LogP) is 3.98. The second-order valence-corrected chi connectivity index (χ2v) is 7.23. The van der Waals surface area contributed by atoms with Crippen molar-refractivity contribution in [3.05, 3.63) is 65.5 Å². The van der Waals surface area contributed by atoms with Gasteiger partial charge >= 0.3 is 0 Å². The normalized spacial score (nSPS) is 11.3. The van der Waals surface area contributed by atoms with E-state index in [1.807, 2.05) is 37.4 Å². The molecule has 0 aliphatic rings. The molecule has 0 saturated carbocycles. The zero-order valence-corrected chi connectivity index (χ0v) is 18.9. The van der Waals surface area contributed by atoms with Crippen molar-refractivity contribution in [1.82, 2.24) is 15.2 Å². The molecule has 0 unspecified atom stereocenters. The molecule has 2 aromatic carbocycles. The molecule has 3 aromatic rings. The molecule has 168 valence electrons. The van der Waals surface area contributed by atoms with E-state index >= 15 is 0 Å². The fraction of sp³-hybridized carbons (Fsp3) is 0.280. The lowest BCUT2D eigenvalue weighted by atomic mass is 10.1. The number of nitrogens with one attached hydrogen (secondary N) is 2. The lowest BCUT2D eigenvalue weighted by Crippen LogP contribution is -2.35. The average molecular weight is 436 g/mol. The molecule has 3 rings (SSSR count). The van der Waals surface area contributed by atoms with Gasteiger partial charge in [0.25, 0.3) is 11.8 Å². The number of hydrogen-bond donors (Lipinski definition) is 2. The molecule has 7 heteroatoms. The highest BCUT2D eigenvalue weighted by Gasteiger charge is 2.17. The SMILES string of the molecule is CCCNC(=O)/C(=C/c1cn(CC)c2ccccc12)NC(=O)c1ccc(OC)c(OC)c1. The Kier molecular flexibility index (Phi) is 7.54. The van der Waals surface area contributed by atoms with Crippen LogP contribution in [0.1, 0.15) is 36.2 Å². The number of para-hydroxylation sites is 1. The summed E-state index contributed by atoms with van der Waals surface area (Å²) in [7, 11) is 3.04. The van der Waals surface area contributed by atoms with Gasteiger partial charge in [0.1, 0.15) is 5.70 Å². The van der Waals surface area contributed by atoms with Gasteiger partial charge in [0.15, 0.2) is 11.5 Å². The standard InChI is InChI=1S/C25H29N3O4/c1-5-13-26-25(30)20(14-18-16-28(6-2)21-10-8-7-9-19(18)21)27-24(29)17-11-12-22(31-3)23(15-17)32-4/h7-12,14-16H,5-6,13H2,1-4H3,(H,26,30)(H,27,29)/b20-14-. The quantitative estimate of drug-likeness (QED) is 0.498. The fourth-order valence-electron chi connectivity index (χ4n) is 3.47. The first-order valence-electron chi connectivity index (χ1n) is 10.6. The first kappa shape index (κ1) is 22.9. The minimum Gasteiger partial charge on any atom is -0.493 e. The van der Waals surface area contributed by atoms with Crippen LogP contribution in [-0.2, 0) is 11.3 Å². The highest BCUT2D eigenvalue weighted by Crippen LogP contribution is 2.28. The molecule has 0 bridgehead atoms. The van der Waals surface area contributed by atoms with E-state index in [0.717, 1.165) is 29.4 Å². The van der Waals surface area contributed by atoms with E-state index in [4.69, 9.17) is 9.47 Å². The summed E-state index contributed by atoms with van der Waals surface area (Å²) in [6.07, 6.45) is 4.50. The summed E-state index contributed by atoms with van der Waals surface area (Å²) in [5, 5.41) is 6.63. The maximum absolute atomic E-state index is 13.0. The summed E-state index contributed by atoms with van der Waals surface area (Å²) in [6, 6.07) is 12.8. The number of amides is 2. The van der Waals surface area contributed by atoms with Gasteiger partial charge in [0.2, 0.25) is 0 Å². The van der Waals surface area contributed by atoms with Crippen molar-refractivity contribution in [3.8, 4) is 11.5 Å². The van der Waals surface area contributed by atoms with Crippen molar-refractivity contribution >= 4 is 28.8 Å². The Morgan fingerprint density at radius 1 is 1.03 bits per heavy atom. The molecule has 0 aliphatic heterocycles. The number of hydrogen-bond acceptors (Lipinski definition) is 4. The topological polar surface area (TPSA) is 81.6 Å². The van der Waals surface area contributed by atoms with Gasteiger partial charge < -0.3 is 24.7 Å². The first-order valence-corrected chi connectivity index (χ1v) is 10.6. The molecule has 32 heavy (non-hydrogen) atoms. The molecule has 1 heterocycles. The van der Waals surface area contributed by atoms with Crippen LogP contribution >= 0.6 is 0 Å². The number of nitrogens with zero attached hydrogens (tertiary/aromatic N) is 1. The minimum absolute atomic E-state index is 0.178. The maximum atomic E-state index is 13.0. The third-order valence-corrected chi connectivity index (χ3v) is 5.13. The molecule has 0 spiro atoms. The molecular formula is C25H29N3O4. The second-order valence-electron chi connectivity index (χ2n) is 7.23. The van der Waals surface area contributed by atoms with E-state index in [9.17, 15) is 9.59 Å². The molecule has 2 N–H and O–H groups in total. The largest absolute Gasteiger partial charge is 0.493 e. The van der Waals surface area contributed by atoms with Crippen LogP contribution in [0.15, 0.2) is 54.4 Å². The van der Waals surface area contributed by atoms with Crippen molar-refractivity contribution in [2.45, 2.75) is 26.8 Å². The minimum atomic E-state index is -0.414. The Hall–Kier alpha value is -3.74. The Labute approximate surface area is 188 Å². The molecule has 0 aliphatic carbocycles. The van der Waals surface area contributed by atoms with Crippen molar-refractivity contribution in [2.24, 2.45) is 0 Å². The van der Waals surface area contributed by atoms with Crippen LogP contribution in [0.25, 0.3) is 17.0 Å². The Bertz CT molecular complexity index is 1150. The molecule has 0 radical (unpaired) electrons. The van der Waals surface area contributed by atoms with Crippen LogP contribution in [0.2, 0.25) is 0 Å². The van der Waals surface area contributed by atoms with E-state index < -0.39 is 5.91 Å². The number of fused-ring (bicyclic) bond motifs is 1. The average Bonchev–Trinajstić information content (AvgIpc) is 3.19. The zero-order valence-electron chi connectivity index (χ0n) is 18.9. The predicted molar refractivity (Wildman–Crippen MR) is 126 cm³/mol. The third kappa shape index (κ3) is 4.94. The Morgan fingerprint density at radius 2 is 1.78 bits per heavy atom. The summed E-state index contributed by atoms with van der Waals surface area (Å²) in [5.41, 5.74) is 2.46. The van der Waals surface area contributed by atoms with Gasteiger partial charge in [-0.2, -0.15) is 0 Å². The lowest BCUT2D eigenvalue weighted by Gasteiger charge is -2.12. The number of benzene rings is 2. The zero-order chi connectivity index (χ0) is 23.1. The van der Waals surface area contributed by atoms with Crippen LogP contribution in [0.5, 0.6) is 11.5 Å². The number of carbonyl (C=O) groups is 2. The number of methoxy groups -OCH3 is 2. The smallest absolute Gasteiger partial charge is 0.267 e. The number of rotatable bonds is 9. The molecule has 1 aromatic heterocycles. The number of ether oxygens (including phenoxy) is 2. The first-order chi connectivity index (χ1) is 15.5. The second kappa shape index (κ2) is 10.5. The molecular weight excluding hydrogens is 406 g/mol. The molecule has 7 nitrogen and oxygen atoms in total. The number of aryl methyl sites for hydroxylation is 1. The molecule has 0 atom stereocenters. The molecule has 0 saturated heterocycles. The van der Waals surface area contributed by atoms with E-state index in [1.54, 1.807) is 24.3 Å². The van der Waals surface area contributed by atoms with E-state index in [0.29, 0.717) is 23.6 Å². The molecule has 0 fully saturated rings. The summed E-state index contributed by atoms with van der Waals surface area (Å²) in [6.45, 7) is 5.34. The van der Waals surface area contributed by atoms with Gasteiger partial charge in [-0.25, -0.2) is 0 Å². The van der Waals surface area contributed by atoms with Gasteiger partial charge in [0, 0.05) is 41.3 Å². The van der Waals surface area contributed by atoms with Gasteiger partial charge in [-0.05, 0) is 43.7 Å². The van der Waals surface area contributed by atoms with Crippen LogP contribution in [0.3, 0.4) is 0 Å². The lowest BCUT2D eigenvalue weighted by molar-refractivity contribution is -0.117.